The molecule has 3 amide bonds. The minimum atomic E-state index is -1.32. The van der Waals surface area contributed by atoms with E-state index in [1.165, 1.54) is 30.0 Å². The topological polar surface area (TPSA) is 177 Å². The fraction of sp³-hybridized carbons (Fsp3) is 0.189. The molecule has 4 N–H and O–H groups in total. The second kappa shape index (κ2) is 14.5. The molecule has 4 heterocycles. The number of amides is 3. The molecule has 4 aromatic rings. The van der Waals surface area contributed by atoms with Crippen molar-refractivity contribution in [2.45, 2.75) is 23.4 Å². The summed E-state index contributed by atoms with van der Waals surface area (Å²) in [7, 11) is 1.38. The molecular formula is C37H32N6O7S2. The Morgan fingerprint density at radius 3 is 2.10 bits per heavy atom. The molecule has 13 nitrogen and oxygen atoms in total. The highest BCUT2D eigenvalue weighted by atomic mass is 32.2. The molecule has 0 radical (unpaired) electrons. The number of thiazole rings is 1. The Morgan fingerprint density at radius 2 is 1.60 bits per heavy atom. The number of nitrogens with one attached hydrogen (secondary N) is 1. The standard InChI is InChI=1S/C37H32N6O7S2/c1-49-42-18-17-22(32(42)45)19-23-20-51-34-29(33(46)43(34)30(23)35(47)48)40-31(44)28(27-21-52-36(38)39-27)41-50-37(24-11-5-2-6-12-24,25-13-7-3-8-14-25)26-15-9-4-10-16-26/h2-16,19,21,29,34H,17-18,20H2,1H3,(H2,38,39)(H,40,44)(H,47,48). The van der Waals surface area contributed by atoms with Crippen LogP contribution in [0.2, 0.25) is 0 Å². The summed E-state index contributed by atoms with van der Waals surface area (Å²) in [5.41, 5.74) is 7.26. The number of aromatic nitrogens is 1. The van der Waals surface area contributed by atoms with Crippen molar-refractivity contribution in [2.75, 3.05) is 25.1 Å². The maximum atomic E-state index is 14.1. The van der Waals surface area contributed by atoms with Crippen molar-refractivity contribution in [1.29, 1.82) is 0 Å². The van der Waals surface area contributed by atoms with E-state index in [1.54, 1.807) is 5.38 Å². The van der Waals surface area contributed by atoms with Gasteiger partial charge < -0.3 is 21.0 Å². The SMILES string of the molecule is CON1CCC(=CC2=C(C(=O)O)N3C(=O)C(NC(=O)C(=NOC(c4ccccc4)(c4ccccc4)c4ccccc4)c4csc(N)n4)C3SC2)C1=O. The summed E-state index contributed by atoms with van der Waals surface area (Å²) >= 11 is 2.38. The number of anilines is 1. The number of fused-ring (bicyclic) bond motifs is 1. The molecule has 7 rings (SSSR count). The van der Waals surface area contributed by atoms with Gasteiger partial charge in [-0.2, -0.15) is 0 Å². The number of carbonyl (C=O) groups excluding carboxylic acids is 3. The summed E-state index contributed by atoms with van der Waals surface area (Å²) in [5.74, 6) is -2.89. The molecule has 2 fully saturated rings. The van der Waals surface area contributed by atoms with Crippen LogP contribution in [0, 0.1) is 0 Å². The molecule has 2 unspecified atom stereocenters. The lowest BCUT2D eigenvalue weighted by Crippen LogP contribution is -2.71. The second-order valence-corrected chi connectivity index (χ2v) is 13.9. The lowest BCUT2D eigenvalue weighted by molar-refractivity contribution is -0.164. The van der Waals surface area contributed by atoms with E-state index in [0.29, 0.717) is 24.1 Å². The number of carbonyl (C=O) groups is 4. The van der Waals surface area contributed by atoms with Gasteiger partial charge in [0.2, 0.25) is 5.60 Å². The van der Waals surface area contributed by atoms with Crippen LogP contribution in [0.4, 0.5) is 5.13 Å². The van der Waals surface area contributed by atoms with Gasteiger partial charge in [-0.1, -0.05) is 96.2 Å². The number of hydroxylamine groups is 2. The average molecular weight is 737 g/mol. The molecule has 0 bridgehead atoms. The number of benzene rings is 3. The van der Waals surface area contributed by atoms with Crippen LogP contribution in [-0.2, 0) is 34.5 Å². The molecule has 3 aromatic carbocycles. The number of rotatable bonds is 11. The van der Waals surface area contributed by atoms with E-state index < -0.39 is 34.8 Å². The molecule has 2 saturated heterocycles. The minimum absolute atomic E-state index is 0.134. The molecule has 2 atom stereocenters. The van der Waals surface area contributed by atoms with E-state index >= 15 is 0 Å². The first-order chi connectivity index (χ1) is 25.2. The lowest BCUT2D eigenvalue weighted by atomic mass is 9.80. The third-order valence-corrected chi connectivity index (χ3v) is 10.9. The number of nitrogen functional groups attached to an aromatic ring is 1. The highest BCUT2D eigenvalue weighted by molar-refractivity contribution is 8.00. The highest BCUT2D eigenvalue weighted by Gasteiger charge is 2.54. The van der Waals surface area contributed by atoms with Gasteiger partial charge in [-0.05, 0) is 18.1 Å². The van der Waals surface area contributed by atoms with E-state index in [9.17, 15) is 24.3 Å². The Bertz CT molecular complexity index is 2020. The van der Waals surface area contributed by atoms with Gasteiger partial charge in [0, 0.05) is 33.4 Å². The summed E-state index contributed by atoms with van der Waals surface area (Å²) in [5, 5.41) is 19.6. The van der Waals surface area contributed by atoms with E-state index in [0.717, 1.165) is 32.9 Å². The van der Waals surface area contributed by atoms with Crippen LogP contribution in [0.15, 0.2) is 124 Å². The smallest absolute Gasteiger partial charge is 0.352 e. The molecule has 15 heteroatoms. The van der Waals surface area contributed by atoms with Crippen LogP contribution in [0.1, 0.15) is 28.8 Å². The van der Waals surface area contributed by atoms with Crippen LogP contribution in [0.3, 0.4) is 0 Å². The fourth-order valence-electron chi connectivity index (χ4n) is 6.46. The predicted molar refractivity (Wildman–Crippen MR) is 194 cm³/mol. The normalized spacial score (nSPS) is 19.8. The molecule has 3 aliphatic rings. The first-order valence-corrected chi connectivity index (χ1v) is 18.1. The molecule has 0 aliphatic carbocycles. The van der Waals surface area contributed by atoms with Gasteiger partial charge in [0.25, 0.3) is 17.7 Å². The van der Waals surface area contributed by atoms with Gasteiger partial charge in [-0.3, -0.25) is 24.1 Å². The molecule has 264 valence electrons. The van der Waals surface area contributed by atoms with Gasteiger partial charge in [0.05, 0.1) is 13.7 Å². The number of β-lactam (4-membered cyclic amide) rings is 1. The Kier molecular flexibility index (Phi) is 9.64. The zero-order chi connectivity index (χ0) is 36.4. The first-order valence-electron chi connectivity index (χ1n) is 16.2. The Labute approximate surface area is 306 Å². The van der Waals surface area contributed by atoms with Gasteiger partial charge in [0.15, 0.2) is 10.8 Å². The third kappa shape index (κ3) is 6.23. The zero-order valence-electron chi connectivity index (χ0n) is 27.7. The summed E-state index contributed by atoms with van der Waals surface area (Å²) in [6, 6.07) is 27.3. The molecule has 52 heavy (non-hydrogen) atoms. The summed E-state index contributed by atoms with van der Waals surface area (Å²) < 4.78 is 0. The van der Waals surface area contributed by atoms with Gasteiger partial charge in [-0.25, -0.2) is 14.8 Å². The predicted octanol–water partition coefficient (Wildman–Crippen LogP) is 3.90. The highest BCUT2D eigenvalue weighted by Crippen LogP contribution is 2.43. The van der Waals surface area contributed by atoms with Crippen molar-refractivity contribution in [3.8, 4) is 0 Å². The number of oxime groups is 1. The van der Waals surface area contributed by atoms with E-state index in [-0.39, 0.29) is 33.9 Å². The van der Waals surface area contributed by atoms with Crippen molar-refractivity contribution < 1.29 is 34.0 Å². The molecular weight excluding hydrogens is 705 g/mol. The van der Waals surface area contributed by atoms with Crippen LogP contribution in [-0.4, -0.2) is 80.3 Å². The van der Waals surface area contributed by atoms with E-state index in [2.05, 4.69) is 15.5 Å². The molecule has 3 aliphatic heterocycles. The van der Waals surface area contributed by atoms with Crippen LogP contribution >= 0.6 is 23.1 Å². The lowest BCUT2D eigenvalue weighted by Gasteiger charge is -2.49. The van der Waals surface area contributed by atoms with Gasteiger partial charge in [-0.15, -0.1) is 23.1 Å². The molecule has 0 spiro atoms. The van der Waals surface area contributed by atoms with Crippen molar-refractivity contribution in [3.05, 3.63) is 142 Å². The number of allylic oxidation sites excluding steroid dienone is 1. The van der Waals surface area contributed by atoms with Gasteiger partial charge >= 0.3 is 5.97 Å². The summed E-state index contributed by atoms with van der Waals surface area (Å²) in [6.45, 7) is 0.338. The largest absolute Gasteiger partial charge is 0.477 e. The second-order valence-electron chi connectivity index (χ2n) is 11.9. The summed E-state index contributed by atoms with van der Waals surface area (Å²) in [4.78, 5) is 69.9. The maximum Gasteiger partial charge on any atom is 0.352 e. The molecule has 1 aromatic heterocycles. The number of nitrogens with two attached hydrogens (primary N) is 1. The maximum absolute atomic E-state index is 14.1. The third-order valence-electron chi connectivity index (χ3n) is 8.94. The average Bonchev–Trinajstić information content (AvgIpc) is 3.76. The monoisotopic (exact) mass is 736 g/mol. The number of nitrogens with zero attached hydrogens (tertiary/aromatic N) is 4. The zero-order valence-corrected chi connectivity index (χ0v) is 29.3. The fourth-order valence-corrected chi connectivity index (χ4v) is 8.32. The van der Waals surface area contributed by atoms with Crippen molar-refractivity contribution in [1.82, 2.24) is 20.3 Å². The van der Waals surface area contributed by atoms with E-state index in [4.69, 9.17) is 15.4 Å². The Morgan fingerprint density at radius 1 is 1.00 bits per heavy atom. The van der Waals surface area contributed by atoms with Crippen LogP contribution in [0.25, 0.3) is 0 Å². The molecule has 0 saturated carbocycles. The number of aliphatic carboxylic acids is 1. The number of carboxylic acid groups (broad SMARTS) is 1. The Balaban J connectivity index is 1.22. The quantitative estimate of drug-likeness (QED) is 0.0673. The minimum Gasteiger partial charge on any atom is -0.477 e. The number of hydrogen-bond acceptors (Lipinski definition) is 11. The number of thioether (sulfide) groups is 1. The number of hydrogen-bond donors (Lipinski definition) is 3. The van der Waals surface area contributed by atoms with Crippen LogP contribution in [0.5, 0.6) is 0 Å². The first kappa shape index (κ1) is 34.7. The summed E-state index contributed by atoms with van der Waals surface area (Å²) in [6.07, 6.45) is 1.88. The van der Waals surface area contributed by atoms with E-state index in [1.807, 2.05) is 91.0 Å². The van der Waals surface area contributed by atoms with Crippen molar-refractivity contribution in [3.63, 3.8) is 0 Å². The van der Waals surface area contributed by atoms with Crippen molar-refractivity contribution in [2.24, 2.45) is 5.16 Å². The van der Waals surface area contributed by atoms with Gasteiger partial charge in [0.1, 0.15) is 22.8 Å². The van der Waals surface area contributed by atoms with Crippen LogP contribution < -0.4 is 11.1 Å². The Hall–Kier alpha value is -5.77. The number of carboxylic acids is 1. The van der Waals surface area contributed by atoms with Crippen molar-refractivity contribution >= 4 is 57.6 Å².